The van der Waals surface area contributed by atoms with Gasteiger partial charge in [0.15, 0.2) is 5.16 Å². The van der Waals surface area contributed by atoms with Crippen LogP contribution in [-0.2, 0) is 4.79 Å². The van der Waals surface area contributed by atoms with Gasteiger partial charge in [-0.2, -0.15) is 13.2 Å². The summed E-state index contributed by atoms with van der Waals surface area (Å²) in [5, 5.41) is 2.55. The van der Waals surface area contributed by atoms with E-state index >= 15 is 0 Å². The van der Waals surface area contributed by atoms with Gasteiger partial charge >= 0.3 is 6.18 Å². The minimum Gasteiger partial charge on any atom is -0.495 e. The molecule has 0 saturated carbocycles. The summed E-state index contributed by atoms with van der Waals surface area (Å²) in [7, 11) is 1.44. The van der Waals surface area contributed by atoms with Crippen molar-refractivity contribution in [1.82, 2.24) is 14.9 Å². The molecule has 0 atom stereocenters. The molecule has 2 aromatic carbocycles. The Bertz CT molecular complexity index is 1150. The number of carbonyl (C=O) groups excluding carboxylic acids is 1. The lowest BCUT2D eigenvalue weighted by Crippen LogP contribution is -2.35. The molecule has 0 aliphatic rings. The number of rotatable bonds is 6. The number of thioether (sulfide) groups is 1. The molecule has 1 amide bonds. The summed E-state index contributed by atoms with van der Waals surface area (Å²) in [4.78, 5) is 29.4. The predicted octanol–water partition coefficient (Wildman–Crippen LogP) is 3.82. The Balaban J connectivity index is 2.05. The van der Waals surface area contributed by atoms with Gasteiger partial charge in [-0.25, -0.2) is 4.98 Å². The molecular weight excluding hydrogens is 443 g/mol. The number of nitrogens with one attached hydrogen (secondary N) is 1. The predicted molar refractivity (Wildman–Crippen MR) is 109 cm³/mol. The zero-order chi connectivity index (χ0) is 21.9. The lowest BCUT2D eigenvalue weighted by molar-refractivity contribution is -0.136. The van der Waals surface area contributed by atoms with Gasteiger partial charge in [-0.3, -0.25) is 14.2 Å². The number of benzene rings is 2. The molecule has 0 aliphatic heterocycles. The van der Waals surface area contributed by atoms with Crippen molar-refractivity contribution in [1.29, 1.82) is 0 Å². The van der Waals surface area contributed by atoms with E-state index in [0.717, 1.165) is 11.8 Å². The Kier molecular flexibility index (Phi) is 6.57. The van der Waals surface area contributed by atoms with Crippen LogP contribution in [0.1, 0.15) is 0 Å². The second-order valence-electron chi connectivity index (χ2n) is 6.05. The van der Waals surface area contributed by atoms with E-state index in [2.05, 4.69) is 4.98 Å². The summed E-state index contributed by atoms with van der Waals surface area (Å²) in [5.74, 6) is -0.827. The number of aromatic nitrogens is 2. The van der Waals surface area contributed by atoms with Crippen LogP contribution < -0.4 is 15.6 Å². The molecule has 11 heteroatoms. The molecule has 0 aliphatic carbocycles. The van der Waals surface area contributed by atoms with Gasteiger partial charge in [0.25, 0.3) is 5.56 Å². The van der Waals surface area contributed by atoms with E-state index in [-0.39, 0.29) is 16.3 Å². The number of carbonyl (C=O) groups is 1. The molecule has 0 radical (unpaired) electrons. The number of hydrogen-bond donors (Lipinski definition) is 1. The lowest BCUT2D eigenvalue weighted by atomic mass is 10.2. The van der Waals surface area contributed by atoms with Crippen LogP contribution in [0.5, 0.6) is 5.75 Å². The summed E-state index contributed by atoms with van der Waals surface area (Å²) in [6.07, 6.45) is -4.52. The van der Waals surface area contributed by atoms with Crippen molar-refractivity contribution in [2.24, 2.45) is 0 Å². The zero-order valence-corrected chi connectivity index (χ0v) is 17.1. The molecule has 6 nitrogen and oxygen atoms in total. The van der Waals surface area contributed by atoms with Crippen LogP contribution in [0.25, 0.3) is 16.6 Å². The number of para-hydroxylation sites is 2. The van der Waals surface area contributed by atoms with E-state index in [4.69, 9.17) is 16.3 Å². The fourth-order valence-corrected chi connectivity index (χ4v) is 3.64. The second-order valence-corrected chi connectivity index (χ2v) is 7.43. The van der Waals surface area contributed by atoms with Crippen LogP contribution in [0.4, 0.5) is 13.2 Å². The van der Waals surface area contributed by atoms with E-state index < -0.39 is 24.2 Å². The first-order chi connectivity index (χ1) is 14.2. The van der Waals surface area contributed by atoms with E-state index in [1.165, 1.54) is 23.8 Å². The minimum absolute atomic E-state index is 0.112. The third-order valence-corrected chi connectivity index (χ3v) is 5.12. The average molecular weight is 458 g/mol. The highest BCUT2D eigenvalue weighted by atomic mass is 35.5. The van der Waals surface area contributed by atoms with Crippen LogP contribution in [0.3, 0.4) is 0 Å². The Morgan fingerprint density at radius 2 is 2.00 bits per heavy atom. The zero-order valence-electron chi connectivity index (χ0n) is 15.5. The van der Waals surface area contributed by atoms with Gasteiger partial charge in [-0.05, 0) is 30.3 Å². The van der Waals surface area contributed by atoms with E-state index in [1.54, 1.807) is 35.6 Å². The maximum absolute atomic E-state index is 13.2. The van der Waals surface area contributed by atoms with E-state index in [0.29, 0.717) is 22.0 Å². The lowest BCUT2D eigenvalue weighted by Gasteiger charge is -2.16. The molecule has 1 aromatic heterocycles. The number of ether oxygens (including phenoxy) is 1. The van der Waals surface area contributed by atoms with Gasteiger partial charge < -0.3 is 10.1 Å². The molecule has 0 spiro atoms. The number of halogens is 4. The smallest absolute Gasteiger partial charge is 0.405 e. The molecule has 0 saturated heterocycles. The molecule has 0 fully saturated rings. The molecule has 3 aromatic rings. The minimum atomic E-state index is -4.52. The SMILES string of the molecule is COc1ccccc1-n1c(SCC(=O)NCC(F)(F)F)nc2cc(Cl)ccc2c1=O. The molecule has 158 valence electrons. The first-order valence-electron chi connectivity index (χ1n) is 8.51. The number of alkyl halides is 3. The number of hydrogen-bond acceptors (Lipinski definition) is 5. The third-order valence-electron chi connectivity index (χ3n) is 3.95. The summed E-state index contributed by atoms with van der Waals surface area (Å²) < 4.78 is 43.5. The van der Waals surface area contributed by atoms with E-state index in [1.807, 2.05) is 0 Å². The summed E-state index contributed by atoms with van der Waals surface area (Å²) >= 11 is 6.82. The standard InChI is InChI=1S/C19H15ClF3N3O3S/c1-29-15-5-3-2-4-14(15)26-17(28)12-7-6-11(20)8-13(12)25-18(26)30-9-16(27)24-10-19(21,22)23/h2-8H,9-10H2,1H3,(H,24,27). The van der Waals surface area contributed by atoms with Gasteiger partial charge in [0.05, 0.1) is 29.5 Å². The largest absolute Gasteiger partial charge is 0.495 e. The summed E-state index contributed by atoms with van der Waals surface area (Å²) in [6, 6.07) is 11.3. The third kappa shape index (κ3) is 5.06. The van der Waals surface area contributed by atoms with Gasteiger partial charge in [0.1, 0.15) is 12.3 Å². The van der Waals surface area contributed by atoms with E-state index in [9.17, 15) is 22.8 Å². The van der Waals surface area contributed by atoms with Crippen LogP contribution in [0.15, 0.2) is 52.4 Å². The second kappa shape index (κ2) is 8.97. The number of fused-ring (bicyclic) bond motifs is 1. The summed E-state index contributed by atoms with van der Waals surface area (Å²) in [5.41, 5.74) is 0.253. The fourth-order valence-electron chi connectivity index (χ4n) is 2.64. The first kappa shape index (κ1) is 22.0. The van der Waals surface area contributed by atoms with Crippen LogP contribution in [0.2, 0.25) is 5.02 Å². The first-order valence-corrected chi connectivity index (χ1v) is 9.88. The van der Waals surface area contributed by atoms with Gasteiger partial charge in [0.2, 0.25) is 5.91 Å². The molecule has 0 bridgehead atoms. The average Bonchev–Trinajstić information content (AvgIpc) is 2.70. The van der Waals surface area contributed by atoms with Crippen molar-refractivity contribution in [3.05, 3.63) is 57.8 Å². The summed E-state index contributed by atoms with van der Waals surface area (Å²) in [6.45, 7) is -1.44. The Morgan fingerprint density at radius 3 is 2.70 bits per heavy atom. The quantitative estimate of drug-likeness (QED) is 0.450. The van der Waals surface area contributed by atoms with Gasteiger partial charge in [0, 0.05) is 5.02 Å². The monoisotopic (exact) mass is 457 g/mol. The number of amides is 1. The fraction of sp³-hybridized carbons (Fsp3) is 0.211. The van der Waals surface area contributed by atoms with Crippen molar-refractivity contribution in [2.75, 3.05) is 19.4 Å². The molecule has 3 rings (SSSR count). The highest BCUT2D eigenvalue weighted by Crippen LogP contribution is 2.27. The maximum atomic E-state index is 13.2. The topological polar surface area (TPSA) is 73.2 Å². The molecule has 1 N–H and O–H groups in total. The Hall–Kier alpha value is -2.72. The van der Waals surface area contributed by atoms with Gasteiger partial charge in [-0.15, -0.1) is 0 Å². The highest BCUT2D eigenvalue weighted by Gasteiger charge is 2.27. The molecule has 1 heterocycles. The van der Waals surface area contributed by atoms with Crippen LogP contribution in [0, 0.1) is 0 Å². The molecular formula is C19H15ClF3N3O3S. The number of methoxy groups -OCH3 is 1. The molecule has 30 heavy (non-hydrogen) atoms. The Labute approximate surface area is 178 Å². The Morgan fingerprint density at radius 1 is 1.27 bits per heavy atom. The van der Waals surface area contributed by atoms with Crippen LogP contribution in [-0.4, -0.2) is 41.0 Å². The van der Waals surface area contributed by atoms with Crippen molar-refractivity contribution >= 4 is 40.2 Å². The maximum Gasteiger partial charge on any atom is 0.405 e. The number of nitrogens with zero attached hydrogens (tertiary/aromatic N) is 2. The molecule has 0 unspecified atom stereocenters. The highest BCUT2D eigenvalue weighted by molar-refractivity contribution is 7.99. The van der Waals surface area contributed by atoms with Gasteiger partial charge in [-0.1, -0.05) is 35.5 Å². The van der Waals surface area contributed by atoms with Crippen molar-refractivity contribution in [3.63, 3.8) is 0 Å². The van der Waals surface area contributed by atoms with Crippen molar-refractivity contribution < 1.29 is 22.7 Å². The van der Waals surface area contributed by atoms with Crippen molar-refractivity contribution in [2.45, 2.75) is 11.3 Å². The normalized spacial score (nSPS) is 11.5. The van der Waals surface area contributed by atoms with Crippen LogP contribution >= 0.6 is 23.4 Å². The van der Waals surface area contributed by atoms with Crippen molar-refractivity contribution in [3.8, 4) is 11.4 Å².